The minimum Gasteiger partial charge on any atom is -0.310 e. The molecular formula is C59H38N2. The third-order valence-corrected chi connectivity index (χ3v) is 13.1. The predicted octanol–water partition coefficient (Wildman–Crippen LogP) is 15.4. The Kier molecular flexibility index (Phi) is 6.44. The lowest BCUT2D eigenvalue weighted by Gasteiger charge is -2.40. The third kappa shape index (κ3) is 4.79. The third-order valence-electron chi connectivity index (χ3n) is 13.1. The quantitative estimate of drug-likeness (QED) is 0.169. The molecule has 2 aliphatic rings. The van der Waals surface area contributed by atoms with Crippen LogP contribution in [-0.4, -0.2) is 4.57 Å². The Labute approximate surface area is 360 Å². The highest BCUT2D eigenvalue weighted by molar-refractivity contribution is 6.11. The molecule has 0 aliphatic heterocycles. The summed E-state index contributed by atoms with van der Waals surface area (Å²) in [4.78, 5) is 2.33. The molecule has 0 N–H and O–H groups in total. The van der Waals surface area contributed by atoms with Crippen LogP contribution in [0, 0.1) is 0 Å². The van der Waals surface area contributed by atoms with Crippen LogP contribution in [0.5, 0.6) is 0 Å². The van der Waals surface area contributed by atoms with E-state index in [2.05, 4.69) is 191 Å². The SMILES string of the molecule is [2H]c1c([2H])c([2H])c2c(c1[2H])-c1ccccc1C21c2cc(N(c3ccc(-c4ccccc4)cc3)c3ccc4c(c3)c3ccccc3n4-c3ccccc3)ccc2-c2cccc3cccc1c23. The lowest BCUT2D eigenvalue weighted by molar-refractivity contribution is 0.773. The first-order valence-corrected chi connectivity index (χ1v) is 20.9. The zero-order valence-electron chi connectivity index (χ0n) is 37.0. The van der Waals surface area contributed by atoms with Crippen molar-refractivity contribution < 1.29 is 5.48 Å². The van der Waals surface area contributed by atoms with Gasteiger partial charge in [-0.2, -0.15) is 0 Å². The lowest BCUT2D eigenvalue weighted by Crippen LogP contribution is -2.32. The highest BCUT2D eigenvalue weighted by Gasteiger charge is 2.50. The van der Waals surface area contributed by atoms with Crippen molar-refractivity contribution in [3.8, 4) is 39.1 Å². The Morgan fingerprint density at radius 1 is 0.393 bits per heavy atom. The Bertz CT molecular complexity index is 3760. The summed E-state index contributed by atoms with van der Waals surface area (Å²) in [7, 11) is 0. The van der Waals surface area contributed by atoms with E-state index in [4.69, 9.17) is 2.74 Å². The van der Waals surface area contributed by atoms with Crippen LogP contribution in [0.25, 0.3) is 71.6 Å². The molecule has 1 atom stereocenters. The number of aromatic nitrogens is 1. The van der Waals surface area contributed by atoms with Crippen molar-refractivity contribution in [2.75, 3.05) is 4.90 Å². The molecule has 2 heteroatoms. The highest BCUT2D eigenvalue weighted by Crippen LogP contribution is 2.62. The Hall–Kier alpha value is -7.94. The fraction of sp³-hybridized carbons (Fsp3) is 0.0169. The molecule has 13 rings (SSSR count). The second kappa shape index (κ2) is 13.0. The van der Waals surface area contributed by atoms with Crippen LogP contribution in [0.2, 0.25) is 0 Å². The summed E-state index contributed by atoms with van der Waals surface area (Å²) < 4.78 is 39.5. The summed E-state index contributed by atoms with van der Waals surface area (Å²) in [5.74, 6) is 0. The molecule has 1 aromatic heterocycles. The molecular weight excluding hydrogens is 737 g/mol. The molecule has 10 aromatic carbocycles. The fourth-order valence-corrected chi connectivity index (χ4v) is 10.6. The molecule has 0 saturated heterocycles. The first-order chi connectivity index (χ1) is 31.9. The number of para-hydroxylation sites is 2. The number of nitrogens with zero attached hydrogens (tertiary/aromatic N) is 2. The van der Waals surface area contributed by atoms with Gasteiger partial charge in [-0.1, -0.05) is 170 Å². The van der Waals surface area contributed by atoms with E-state index in [1.807, 2.05) is 24.3 Å². The molecule has 0 fully saturated rings. The van der Waals surface area contributed by atoms with Crippen LogP contribution >= 0.6 is 0 Å². The molecule has 0 amide bonds. The zero-order valence-corrected chi connectivity index (χ0v) is 33.0. The molecule has 61 heavy (non-hydrogen) atoms. The predicted molar refractivity (Wildman–Crippen MR) is 255 cm³/mol. The molecule has 0 bridgehead atoms. The van der Waals surface area contributed by atoms with Crippen LogP contribution in [0.1, 0.15) is 27.7 Å². The Balaban J connectivity index is 1.12. The standard InChI is InChI=1S/C59H38N2/c1-3-15-39(16-4-1)40-29-31-43(32-30-40)60(44-34-36-57-51(37-44)49-23-9-12-28-56(49)61(57)42-19-5-2-6-20-42)45-33-35-48-50-24-13-17-41-18-14-27-54(58(41)50)59(55(48)38-45)52-25-10-7-21-46(52)47-22-8-11-26-53(47)59/h1-38H/i7D,10D,21D,25D. The summed E-state index contributed by atoms with van der Waals surface area (Å²) in [6.07, 6.45) is 0. The number of rotatable bonds is 5. The van der Waals surface area contributed by atoms with Gasteiger partial charge in [0.2, 0.25) is 0 Å². The molecule has 284 valence electrons. The minimum atomic E-state index is -1.06. The molecule has 1 heterocycles. The number of fused-ring (bicyclic) bond motifs is 12. The molecule has 1 spiro atoms. The van der Waals surface area contributed by atoms with Crippen molar-refractivity contribution in [3.05, 3.63) is 253 Å². The van der Waals surface area contributed by atoms with E-state index in [0.717, 1.165) is 99.8 Å². The van der Waals surface area contributed by atoms with E-state index in [-0.39, 0.29) is 24.2 Å². The second-order valence-electron chi connectivity index (χ2n) is 16.1. The van der Waals surface area contributed by atoms with Crippen molar-refractivity contribution >= 4 is 49.6 Å². The van der Waals surface area contributed by atoms with Gasteiger partial charge in [0.25, 0.3) is 0 Å². The van der Waals surface area contributed by atoms with E-state index >= 15 is 0 Å². The summed E-state index contributed by atoms with van der Waals surface area (Å²) in [6.45, 7) is 0. The number of anilines is 3. The van der Waals surface area contributed by atoms with Crippen LogP contribution < -0.4 is 4.90 Å². The monoisotopic (exact) mass is 778 g/mol. The number of hydrogen-bond donors (Lipinski definition) is 0. The van der Waals surface area contributed by atoms with Crippen molar-refractivity contribution in [1.82, 2.24) is 4.57 Å². The van der Waals surface area contributed by atoms with E-state index in [1.54, 1.807) is 0 Å². The number of hydrogen-bond acceptors (Lipinski definition) is 1. The normalized spacial score (nSPS) is 15.5. The van der Waals surface area contributed by atoms with Crippen molar-refractivity contribution in [3.63, 3.8) is 0 Å². The zero-order chi connectivity index (χ0) is 43.6. The lowest BCUT2D eigenvalue weighted by atomic mass is 9.61. The average molecular weight is 779 g/mol. The van der Waals surface area contributed by atoms with E-state index in [0.29, 0.717) is 11.1 Å². The first-order valence-electron chi connectivity index (χ1n) is 22.9. The maximum Gasteiger partial charge on any atom is 0.0726 e. The van der Waals surface area contributed by atoms with E-state index < -0.39 is 5.41 Å². The maximum absolute atomic E-state index is 9.77. The van der Waals surface area contributed by atoms with Gasteiger partial charge in [0.05, 0.1) is 21.9 Å². The fourth-order valence-electron chi connectivity index (χ4n) is 10.6. The minimum absolute atomic E-state index is 0.0152. The highest BCUT2D eigenvalue weighted by atomic mass is 15.1. The summed E-state index contributed by atoms with van der Waals surface area (Å²) in [5, 5.41) is 4.48. The van der Waals surface area contributed by atoms with Gasteiger partial charge in [-0.3, -0.25) is 0 Å². The second-order valence-corrected chi connectivity index (χ2v) is 16.1. The van der Waals surface area contributed by atoms with E-state index in [1.165, 1.54) is 0 Å². The van der Waals surface area contributed by atoms with Gasteiger partial charge in [-0.25, -0.2) is 0 Å². The first kappa shape index (κ1) is 30.2. The summed E-state index contributed by atoms with van der Waals surface area (Å²) in [6, 6.07) is 72.4. The van der Waals surface area contributed by atoms with Gasteiger partial charge < -0.3 is 9.47 Å². The van der Waals surface area contributed by atoms with Gasteiger partial charge in [0.1, 0.15) is 0 Å². The average Bonchev–Trinajstić information content (AvgIpc) is 3.86. The van der Waals surface area contributed by atoms with E-state index in [9.17, 15) is 2.74 Å². The topological polar surface area (TPSA) is 8.17 Å². The maximum atomic E-state index is 9.77. The summed E-state index contributed by atoms with van der Waals surface area (Å²) >= 11 is 0. The van der Waals surface area contributed by atoms with Crippen molar-refractivity contribution in [2.45, 2.75) is 5.41 Å². The molecule has 2 nitrogen and oxygen atoms in total. The van der Waals surface area contributed by atoms with Gasteiger partial charge in [-0.15, -0.1) is 0 Å². The van der Waals surface area contributed by atoms with Gasteiger partial charge in [0.15, 0.2) is 0 Å². The van der Waals surface area contributed by atoms with Crippen LogP contribution in [0.4, 0.5) is 17.1 Å². The van der Waals surface area contributed by atoms with Gasteiger partial charge in [-0.05, 0) is 127 Å². The van der Waals surface area contributed by atoms with Crippen LogP contribution in [0.15, 0.2) is 230 Å². The molecule has 1 unspecified atom stereocenters. The molecule has 0 radical (unpaired) electrons. The molecule has 11 aromatic rings. The van der Waals surface area contributed by atoms with Crippen molar-refractivity contribution in [2.24, 2.45) is 0 Å². The van der Waals surface area contributed by atoms with Gasteiger partial charge in [0, 0.05) is 33.5 Å². The molecule has 2 aliphatic carbocycles. The summed E-state index contributed by atoms with van der Waals surface area (Å²) in [5.41, 5.74) is 14.5. The smallest absolute Gasteiger partial charge is 0.0726 e. The largest absolute Gasteiger partial charge is 0.310 e. The molecule has 0 saturated carbocycles. The van der Waals surface area contributed by atoms with Crippen LogP contribution in [-0.2, 0) is 5.41 Å². The Morgan fingerprint density at radius 3 is 1.89 bits per heavy atom. The van der Waals surface area contributed by atoms with Gasteiger partial charge >= 0.3 is 0 Å². The number of benzene rings is 10. The van der Waals surface area contributed by atoms with Crippen molar-refractivity contribution in [1.29, 1.82) is 0 Å². The van der Waals surface area contributed by atoms with Crippen LogP contribution in [0.3, 0.4) is 0 Å². The Morgan fingerprint density at radius 2 is 1.02 bits per heavy atom.